The van der Waals surface area contributed by atoms with E-state index in [1.807, 2.05) is 0 Å². The predicted molar refractivity (Wildman–Crippen MR) is 208 cm³/mol. The molecular formula is C42H85NO6. The van der Waals surface area contributed by atoms with E-state index in [2.05, 4.69) is 13.8 Å². The Hall–Kier alpha value is -1.18. The normalized spacial score (nSPS) is 11.7. The third-order valence-electron chi connectivity index (χ3n) is 9.43. The van der Waals surface area contributed by atoms with Crippen molar-refractivity contribution in [1.82, 2.24) is 6.15 Å². The van der Waals surface area contributed by atoms with Crippen LogP contribution in [0, 0.1) is 0 Å². The van der Waals surface area contributed by atoms with E-state index in [0.29, 0.717) is 26.1 Å². The van der Waals surface area contributed by atoms with Crippen molar-refractivity contribution >= 4 is 11.9 Å². The van der Waals surface area contributed by atoms with Gasteiger partial charge in [-0.25, -0.2) is 0 Å². The minimum absolute atomic E-state index is 0. The Bertz CT molecular complexity index is 661. The minimum Gasteiger partial charge on any atom is -0.462 e. The van der Waals surface area contributed by atoms with Crippen molar-refractivity contribution in [1.29, 1.82) is 0 Å². The van der Waals surface area contributed by atoms with Gasteiger partial charge in [0.2, 0.25) is 0 Å². The number of unbranched alkanes of at least 4 members (excludes halogenated alkanes) is 28. The number of hydrogen-bond donors (Lipinski definition) is 1. The number of carbonyl (C=O) groups is 2. The van der Waals surface area contributed by atoms with Gasteiger partial charge in [-0.3, -0.25) is 9.59 Å². The van der Waals surface area contributed by atoms with Crippen LogP contribution in [-0.4, -0.2) is 51.6 Å². The molecule has 7 nitrogen and oxygen atoms in total. The average Bonchev–Trinajstić information content (AvgIpc) is 3.08. The van der Waals surface area contributed by atoms with Crippen LogP contribution in [0.1, 0.15) is 219 Å². The highest BCUT2D eigenvalue weighted by Crippen LogP contribution is 2.16. The van der Waals surface area contributed by atoms with Gasteiger partial charge in [-0.05, 0) is 12.8 Å². The van der Waals surface area contributed by atoms with Crippen LogP contribution in [-0.2, 0) is 28.5 Å². The van der Waals surface area contributed by atoms with Crippen LogP contribution in [0.2, 0.25) is 0 Å². The third-order valence-corrected chi connectivity index (χ3v) is 9.43. The Morgan fingerprint density at radius 3 is 1.10 bits per heavy atom. The second kappa shape index (κ2) is 43.0. The molecule has 0 aliphatic carbocycles. The molecule has 0 amide bonds. The summed E-state index contributed by atoms with van der Waals surface area (Å²) in [6.45, 7) is 5.69. The van der Waals surface area contributed by atoms with E-state index in [9.17, 15) is 9.59 Å². The molecule has 0 aliphatic rings. The largest absolute Gasteiger partial charge is 0.462 e. The molecule has 0 heterocycles. The van der Waals surface area contributed by atoms with Crippen LogP contribution in [0.25, 0.3) is 0 Å². The summed E-state index contributed by atoms with van der Waals surface area (Å²) in [5.41, 5.74) is 0. The van der Waals surface area contributed by atoms with Crippen LogP contribution in [0.5, 0.6) is 0 Å². The monoisotopic (exact) mass is 700 g/mol. The molecule has 0 aromatic heterocycles. The van der Waals surface area contributed by atoms with Gasteiger partial charge in [-0.15, -0.1) is 0 Å². The van der Waals surface area contributed by atoms with Crippen molar-refractivity contribution in [2.45, 2.75) is 225 Å². The van der Waals surface area contributed by atoms with Crippen molar-refractivity contribution in [2.75, 3.05) is 33.5 Å². The SMILES string of the molecule is CCCCCCCCCCCCCCCCCC(=O)OCC(COCCOC)OC(=O)CCCCCCCCCCCCCCCCC.N. The van der Waals surface area contributed by atoms with Crippen molar-refractivity contribution in [3.8, 4) is 0 Å². The molecule has 3 N–H and O–H groups in total. The van der Waals surface area contributed by atoms with Gasteiger partial charge in [0.05, 0.1) is 19.8 Å². The maximum atomic E-state index is 12.5. The summed E-state index contributed by atoms with van der Waals surface area (Å²) < 4.78 is 21.8. The fourth-order valence-corrected chi connectivity index (χ4v) is 6.26. The molecular weight excluding hydrogens is 614 g/mol. The molecule has 0 bridgehead atoms. The number of carbonyl (C=O) groups excluding carboxylic acids is 2. The van der Waals surface area contributed by atoms with Gasteiger partial charge in [-0.1, -0.05) is 194 Å². The zero-order chi connectivity index (χ0) is 35.0. The molecule has 0 fully saturated rings. The molecule has 0 aliphatic heterocycles. The second-order valence-corrected chi connectivity index (χ2v) is 14.3. The summed E-state index contributed by atoms with van der Waals surface area (Å²) in [6, 6.07) is 0. The second-order valence-electron chi connectivity index (χ2n) is 14.3. The number of hydrogen-bond acceptors (Lipinski definition) is 7. The summed E-state index contributed by atoms with van der Waals surface area (Å²) in [5, 5.41) is 0. The van der Waals surface area contributed by atoms with Gasteiger partial charge in [0.1, 0.15) is 6.61 Å². The lowest BCUT2D eigenvalue weighted by molar-refractivity contribution is -0.163. The van der Waals surface area contributed by atoms with Crippen LogP contribution in [0.3, 0.4) is 0 Å². The fraction of sp³-hybridized carbons (Fsp3) is 0.952. The van der Waals surface area contributed by atoms with Crippen LogP contribution in [0.15, 0.2) is 0 Å². The van der Waals surface area contributed by atoms with Crippen molar-refractivity contribution in [3.05, 3.63) is 0 Å². The topological polar surface area (TPSA) is 106 Å². The van der Waals surface area contributed by atoms with Gasteiger partial charge in [-0.2, -0.15) is 0 Å². The quantitative estimate of drug-likeness (QED) is 0.0501. The highest BCUT2D eigenvalue weighted by molar-refractivity contribution is 5.70. The highest BCUT2D eigenvalue weighted by atomic mass is 16.6. The van der Waals surface area contributed by atoms with Gasteiger partial charge in [0.15, 0.2) is 6.10 Å². The lowest BCUT2D eigenvalue weighted by Gasteiger charge is -2.18. The molecule has 0 aromatic rings. The lowest BCUT2D eigenvalue weighted by atomic mass is 10.0. The number of methoxy groups -OCH3 is 1. The number of esters is 2. The predicted octanol–water partition coefficient (Wildman–Crippen LogP) is 12.8. The molecule has 0 saturated heterocycles. The maximum absolute atomic E-state index is 12.5. The molecule has 0 saturated carbocycles. The molecule has 49 heavy (non-hydrogen) atoms. The lowest BCUT2D eigenvalue weighted by Crippen LogP contribution is -2.30. The number of rotatable bonds is 40. The Kier molecular flexibility index (Phi) is 43.8. The first-order chi connectivity index (χ1) is 23.6. The summed E-state index contributed by atoms with van der Waals surface area (Å²) in [4.78, 5) is 24.9. The van der Waals surface area contributed by atoms with Gasteiger partial charge < -0.3 is 25.1 Å². The van der Waals surface area contributed by atoms with Crippen LogP contribution >= 0.6 is 0 Å². The van der Waals surface area contributed by atoms with E-state index >= 15 is 0 Å². The van der Waals surface area contributed by atoms with E-state index in [1.54, 1.807) is 7.11 Å². The van der Waals surface area contributed by atoms with Gasteiger partial charge in [0, 0.05) is 20.0 Å². The van der Waals surface area contributed by atoms with E-state index in [0.717, 1.165) is 25.7 Å². The molecule has 1 unspecified atom stereocenters. The Balaban J connectivity index is 0. The van der Waals surface area contributed by atoms with E-state index < -0.39 is 6.10 Å². The molecule has 0 spiro atoms. The first kappa shape index (κ1) is 49.9. The highest BCUT2D eigenvalue weighted by Gasteiger charge is 2.17. The average molecular weight is 700 g/mol. The van der Waals surface area contributed by atoms with Crippen LogP contribution in [0.4, 0.5) is 0 Å². The van der Waals surface area contributed by atoms with Crippen LogP contribution < -0.4 is 6.15 Å². The van der Waals surface area contributed by atoms with Gasteiger partial charge in [0.25, 0.3) is 0 Å². The molecule has 0 radical (unpaired) electrons. The van der Waals surface area contributed by atoms with Crippen molar-refractivity contribution < 1.29 is 28.5 Å². The van der Waals surface area contributed by atoms with Crippen molar-refractivity contribution in [2.24, 2.45) is 0 Å². The standard InChI is InChI=1S/C42H82O6.H3N/c1-4-6-8-10-12-14-16-18-20-22-24-26-28-30-32-34-41(43)47-39-40(38-46-37-36-45-3)48-42(44)35-33-31-29-27-25-23-21-19-17-15-13-11-9-7-5-2;/h40H,4-39H2,1-3H3;1H3. The molecule has 1 atom stereocenters. The zero-order valence-corrected chi connectivity index (χ0v) is 33.2. The summed E-state index contributed by atoms with van der Waals surface area (Å²) in [7, 11) is 1.62. The summed E-state index contributed by atoms with van der Waals surface area (Å²) >= 11 is 0. The fourth-order valence-electron chi connectivity index (χ4n) is 6.26. The number of ether oxygens (including phenoxy) is 4. The first-order valence-electron chi connectivity index (χ1n) is 21.1. The summed E-state index contributed by atoms with van der Waals surface area (Å²) in [5.74, 6) is -0.450. The maximum Gasteiger partial charge on any atom is 0.306 e. The van der Waals surface area contributed by atoms with E-state index in [1.165, 1.54) is 167 Å². The molecule has 0 rings (SSSR count). The third kappa shape index (κ3) is 41.1. The zero-order valence-electron chi connectivity index (χ0n) is 33.2. The molecule has 0 aromatic carbocycles. The Morgan fingerprint density at radius 2 is 0.755 bits per heavy atom. The molecule has 294 valence electrons. The Labute approximate surface area is 305 Å². The smallest absolute Gasteiger partial charge is 0.306 e. The molecule has 7 heteroatoms. The van der Waals surface area contributed by atoms with Gasteiger partial charge >= 0.3 is 11.9 Å². The van der Waals surface area contributed by atoms with E-state index in [4.69, 9.17) is 18.9 Å². The first-order valence-corrected chi connectivity index (χ1v) is 21.1. The minimum atomic E-state index is -0.573. The summed E-state index contributed by atoms with van der Waals surface area (Å²) in [6.07, 6.45) is 39.2. The van der Waals surface area contributed by atoms with E-state index in [-0.39, 0.29) is 31.3 Å². The van der Waals surface area contributed by atoms with Crippen molar-refractivity contribution in [3.63, 3.8) is 0 Å². The Morgan fingerprint density at radius 1 is 0.429 bits per heavy atom.